The smallest absolute Gasteiger partial charge is 0.240 e. The van der Waals surface area contributed by atoms with Gasteiger partial charge in [-0.05, 0) is 68.9 Å². The minimum absolute atomic E-state index is 0.00136. The Bertz CT molecular complexity index is 1180. The molecule has 0 aromatic heterocycles. The molecule has 308 valence electrons. The number of hydrogen-bond donors (Lipinski definition) is 6. The van der Waals surface area contributed by atoms with Crippen LogP contribution in [-0.4, -0.2) is 116 Å². The number of nitrogens with one attached hydrogen (secondary N) is 4. The lowest BCUT2D eigenvalue weighted by atomic mass is 9.81. The van der Waals surface area contributed by atoms with E-state index in [2.05, 4.69) is 28.2 Å². The molecule has 0 bridgehead atoms. The Balaban J connectivity index is 1.77. The van der Waals surface area contributed by atoms with Crippen molar-refractivity contribution in [2.24, 2.45) is 17.8 Å². The molecule has 12 heteroatoms. The summed E-state index contributed by atoms with van der Waals surface area (Å²) in [7, 11) is 1.61. The Morgan fingerprint density at radius 1 is 0.926 bits per heavy atom. The second-order valence-corrected chi connectivity index (χ2v) is 15.8. The molecule has 54 heavy (non-hydrogen) atoms. The number of benzene rings is 1. The monoisotopic (exact) mass is 760 g/mol. The minimum atomic E-state index is -0.907. The van der Waals surface area contributed by atoms with Crippen LogP contribution in [0.2, 0.25) is 0 Å². The van der Waals surface area contributed by atoms with Crippen LogP contribution in [0.25, 0.3) is 0 Å². The van der Waals surface area contributed by atoms with Crippen molar-refractivity contribution >= 4 is 17.7 Å². The third-order valence-corrected chi connectivity index (χ3v) is 11.2. The molecule has 1 aliphatic carbocycles. The molecule has 0 spiro atoms. The number of carbonyl (C=O) groups excluding carboxylic acids is 3. The highest BCUT2D eigenvalue weighted by atomic mass is 16.7. The van der Waals surface area contributed by atoms with E-state index in [1.165, 1.54) is 6.42 Å². The molecular weight excluding hydrogens is 686 g/mol. The van der Waals surface area contributed by atoms with E-state index in [4.69, 9.17) is 14.6 Å². The number of methoxy groups -OCH3 is 1. The number of nitrogens with zero attached hydrogens (tertiary/aromatic N) is 1. The zero-order valence-electron chi connectivity index (χ0n) is 33.7. The number of hydrogen-bond acceptors (Lipinski definition) is 9. The largest absolute Gasteiger partial charge is 0.395 e. The summed E-state index contributed by atoms with van der Waals surface area (Å²) in [6.45, 7) is 9.27. The van der Waals surface area contributed by atoms with Crippen molar-refractivity contribution in [2.45, 2.75) is 141 Å². The molecule has 1 heterocycles. The molecule has 1 saturated heterocycles. The first-order chi connectivity index (χ1) is 26.2. The van der Waals surface area contributed by atoms with Gasteiger partial charge in [0, 0.05) is 39.2 Å². The van der Waals surface area contributed by atoms with Crippen LogP contribution in [-0.2, 0) is 30.3 Å². The quantitative estimate of drug-likeness (QED) is 0.0608. The maximum Gasteiger partial charge on any atom is 0.240 e. The molecule has 12 nitrogen and oxygen atoms in total. The molecule has 1 saturated carbocycles. The fourth-order valence-corrected chi connectivity index (χ4v) is 7.88. The Morgan fingerprint density at radius 2 is 1.65 bits per heavy atom. The van der Waals surface area contributed by atoms with Gasteiger partial charge in [-0.3, -0.25) is 19.7 Å². The zero-order chi connectivity index (χ0) is 39.1. The molecule has 1 aromatic carbocycles. The summed E-state index contributed by atoms with van der Waals surface area (Å²) >= 11 is 0. The SMILES string of the molecule is CCCC[C@H](NC(Cc1ccccc1)C(=O)N1CCC(OCOC)CC1)C(=O)NC(CC1CCCCC1)C(O)CC(C(=O)NCCCNCCO)C(C)C. The molecule has 1 aliphatic heterocycles. The number of unbranched alkanes of at least 4 members (excludes halogenated alkanes) is 1. The number of likely N-dealkylation sites (tertiary alicyclic amines) is 1. The first-order valence-corrected chi connectivity index (χ1v) is 20.9. The van der Waals surface area contributed by atoms with Crippen molar-refractivity contribution in [3.05, 3.63) is 35.9 Å². The van der Waals surface area contributed by atoms with E-state index in [1.807, 2.05) is 49.1 Å². The molecule has 6 N–H and O–H groups in total. The average Bonchev–Trinajstić information content (AvgIpc) is 3.18. The van der Waals surface area contributed by atoms with E-state index in [1.54, 1.807) is 7.11 Å². The van der Waals surface area contributed by atoms with Crippen molar-refractivity contribution < 1.29 is 34.1 Å². The number of piperidine rings is 1. The van der Waals surface area contributed by atoms with Crippen molar-refractivity contribution in [1.29, 1.82) is 0 Å². The zero-order valence-corrected chi connectivity index (χ0v) is 33.7. The van der Waals surface area contributed by atoms with Crippen molar-refractivity contribution in [3.8, 4) is 0 Å². The standard InChI is InChI=1S/C42H73N5O7/c1-5-6-18-36(45-38(28-33-16-11-8-12-17-33)42(52)47-24-19-34(20-25-47)54-30-53-4)41(51)46-37(27-32-14-9-7-10-15-32)39(49)29-35(31(2)3)40(50)44-22-13-21-43-23-26-48/h8,11-12,16-17,31-32,34-39,43,45,48-49H,5-7,9-10,13-15,18-30H2,1-4H3,(H,44,50)(H,46,51)/t35?,36-,37?,38?,39?/m0/s1. The Labute approximate surface area is 325 Å². The summed E-state index contributed by atoms with van der Waals surface area (Å²) in [5, 5.41) is 33.8. The molecule has 2 aliphatic rings. The minimum Gasteiger partial charge on any atom is -0.395 e. The summed E-state index contributed by atoms with van der Waals surface area (Å²) in [5.41, 5.74) is 1.02. The van der Waals surface area contributed by atoms with Gasteiger partial charge in [0.15, 0.2) is 0 Å². The Hall–Kier alpha value is -2.61. The second kappa shape index (κ2) is 26.3. The van der Waals surface area contributed by atoms with Gasteiger partial charge in [0.1, 0.15) is 6.79 Å². The number of ether oxygens (including phenoxy) is 2. The highest BCUT2D eigenvalue weighted by Crippen LogP contribution is 2.30. The number of aliphatic hydroxyl groups excluding tert-OH is 2. The van der Waals surface area contributed by atoms with Crippen LogP contribution in [0.1, 0.15) is 110 Å². The highest BCUT2D eigenvalue weighted by Gasteiger charge is 2.35. The summed E-state index contributed by atoms with van der Waals surface area (Å²) in [6, 6.07) is 8.17. The highest BCUT2D eigenvalue weighted by molar-refractivity contribution is 5.86. The Kier molecular flexibility index (Phi) is 22.3. The molecule has 2 fully saturated rings. The van der Waals surface area contributed by atoms with Gasteiger partial charge in [0.2, 0.25) is 17.7 Å². The normalized spacial score (nSPS) is 18.5. The summed E-state index contributed by atoms with van der Waals surface area (Å²) in [5.74, 6) is -0.343. The first-order valence-electron chi connectivity index (χ1n) is 20.9. The van der Waals surface area contributed by atoms with Gasteiger partial charge in [-0.1, -0.05) is 96.0 Å². The van der Waals surface area contributed by atoms with Crippen LogP contribution < -0.4 is 21.3 Å². The molecule has 3 rings (SSSR count). The van der Waals surface area contributed by atoms with Gasteiger partial charge in [-0.25, -0.2) is 0 Å². The lowest BCUT2D eigenvalue weighted by Gasteiger charge is -2.36. The van der Waals surface area contributed by atoms with Gasteiger partial charge in [0.05, 0.1) is 36.9 Å². The van der Waals surface area contributed by atoms with Crippen molar-refractivity contribution in [3.63, 3.8) is 0 Å². The van der Waals surface area contributed by atoms with Gasteiger partial charge in [-0.2, -0.15) is 0 Å². The summed E-state index contributed by atoms with van der Waals surface area (Å²) in [4.78, 5) is 43.9. The van der Waals surface area contributed by atoms with Crippen LogP contribution in [0.4, 0.5) is 0 Å². The second-order valence-electron chi connectivity index (χ2n) is 15.8. The third-order valence-electron chi connectivity index (χ3n) is 11.2. The molecule has 3 amide bonds. The molecule has 1 aromatic rings. The van der Waals surface area contributed by atoms with Crippen LogP contribution in [0.3, 0.4) is 0 Å². The van der Waals surface area contributed by atoms with E-state index < -0.39 is 30.1 Å². The molecule has 4 unspecified atom stereocenters. The summed E-state index contributed by atoms with van der Waals surface area (Å²) in [6.07, 6.45) is 10.6. The van der Waals surface area contributed by atoms with E-state index in [0.29, 0.717) is 57.9 Å². The number of rotatable bonds is 26. The van der Waals surface area contributed by atoms with Crippen LogP contribution in [0, 0.1) is 17.8 Å². The topological polar surface area (TPSA) is 161 Å². The average molecular weight is 760 g/mol. The molecule has 5 atom stereocenters. The fourth-order valence-electron chi connectivity index (χ4n) is 7.88. The van der Waals surface area contributed by atoms with E-state index in [-0.39, 0.29) is 49.6 Å². The van der Waals surface area contributed by atoms with Gasteiger partial charge in [-0.15, -0.1) is 0 Å². The number of aliphatic hydroxyl groups is 2. The molecule has 0 radical (unpaired) electrons. The van der Waals surface area contributed by atoms with Gasteiger partial charge < -0.3 is 40.5 Å². The van der Waals surface area contributed by atoms with Crippen molar-refractivity contribution in [2.75, 3.05) is 53.2 Å². The maximum atomic E-state index is 14.4. The fraction of sp³-hybridized carbons (Fsp3) is 0.786. The predicted molar refractivity (Wildman–Crippen MR) is 213 cm³/mol. The maximum absolute atomic E-state index is 14.4. The van der Waals surface area contributed by atoms with E-state index in [9.17, 15) is 19.5 Å². The van der Waals surface area contributed by atoms with Crippen LogP contribution in [0.15, 0.2) is 30.3 Å². The predicted octanol–water partition coefficient (Wildman–Crippen LogP) is 3.92. The van der Waals surface area contributed by atoms with Crippen LogP contribution >= 0.6 is 0 Å². The van der Waals surface area contributed by atoms with E-state index >= 15 is 0 Å². The Morgan fingerprint density at radius 3 is 2.30 bits per heavy atom. The van der Waals surface area contributed by atoms with Crippen molar-refractivity contribution in [1.82, 2.24) is 26.2 Å². The first kappa shape index (κ1) is 45.8. The number of amides is 3. The van der Waals surface area contributed by atoms with Gasteiger partial charge in [0.25, 0.3) is 0 Å². The van der Waals surface area contributed by atoms with Gasteiger partial charge >= 0.3 is 0 Å². The van der Waals surface area contributed by atoms with Crippen LogP contribution in [0.5, 0.6) is 0 Å². The molecular formula is C42H73N5O7. The summed E-state index contributed by atoms with van der Waals surface area (Å²) < 4.78 is 10.9. The van der Waals surface area contributed by atoms with E-state index in [0.717, 1.165) is 63.4 Å². The third kappa shape index (κ3) is 16.6. The lowest BCUT2D eigenvalue weighted by Crippen LogP contribution is -2.58. The lowest BCUT2D eigenvalue weighted by molar-refractivity contribution is -0.139. The number of carbonyl (C=O) groups is 3.